The number of piperazine rings is 1. The van der Waals surface area contributed by atoms with Crippen LogP contribution in [0.4, 0.5) is 4.79 Å². The summed E-state index contributed by atoms with van der Waals surface area (Å²) in [5.41, 5.74) is 0. The van der Waals surface area contributed by atoms with Gasteiger partial charge in [0.25, 0.3) is 0 Å². The zero-order valence-corrected chi connectivity index (χ0v) is 17.3. The van der Waals surface area contributed by atoms with Crippen molar-refractivity contribution in [3.05, 3.63) is 51.1 Å². The van der Waals surface area contributed by atoms with Gasteiger partial charge in [0, 0.05) is 42.1 Å². The molecule has 1 fully saturated rings. The molecule has 140 valence electrons. The van der Waals surface area contributed by atoms with E-state index < -0.39 is 10.0 Å². The van der Waals surface area contributed by atoms with Gasteiger partial charge in [0.15, 0.2) is 0 Å². The second kappa shape index (κ2) is 8.51. The summed E-state index contributed by atoms with van der Waals surface area (Å²) in [5, 5.41) is 4.92. The van der Waals surface area contributed by atoms with E-state index in [0.717, 1.165) is 10.9 Å². The molecule has 0 atom stereocenters. The Labute approximate surface area is 166 Å². The second-order valence-electron chi connectivity index (χ2n) is 5.91. The number of rotatable bonds is 5. The number of nitrogens with one attached hydrogen (secondary N) is 1. The predicted octanol–water partition coefficient (Wildman–Crippen LogP) is 2.77. The topological polar surface area (TPSA) is 69.7 Å². The summed E-state index contributed by atoms with van der Waals surface area (Å²) in [7, 11) is -3.53. The van der Waals surface area contributed by atoms with E-state index in [0.29, 0.717) is 32.7 Å². The number of hydrogen-bond donors (Lipinski definition) is 1. The van der Waals surface area contributed by atoms with Crippen LogP contribution in [0, 0.1) is 0 Å². The largest absolute Gasteiger partial charge is 0.338 e. The van der Waals surface area contributed by atoms with Crippen LogP contribution in [-0.4, -0.2) is 56.4 Å². The number of carbonyl (C=O) groups excluding carboxylic acids is 1. The van der Waals surface area contributed by atoms with E-state index in [1.54, 1.807) is 40.5 Å². The molecule has 2 aromatic rings. The van der Waals surface area contributed by atoms with Crippen molar-refractivity contribution in [1.29, 1.82) is 0 Å². The van der Waals surface area contributed by atoms with Gasteiger partial charge >= 0.3 is 6.03 Å². The van der Waals surface area contributed by atoms with E-state index in [9.17, 15) is 13.2 Å². The highest BCUT2D eigenvalue weighted by molar-refractivity contribution is 9.10. The Bertz CT molecular complexity index is 848. The molecule has 6 nitrogen and oxygen atoms in total. The molecule has 0 saturated carbocycles. The van der Waals surface area contributed by atoms with Crippen LogP contribution >= 0.6 is 27.3 Å². The molecule has 0 aliphatic carbocycles. The van der Waals surface area contributed by atoms with Crippen LogP contribution in [0.25, 0.3) is 0 Å². The van der Waals surface area contributed by atoms with Gasteiger partial charge in [0.2, 0.25) is 10.0 Å². The molecule has 1 aliphatic heterocycles. The summed E-state index contributed by atoms with van der Waals surface area (Å²) in [6, 6.07) is 10.6. The number of hydrogen-bond acceptors (Lipinski definition) is 4. The summed E-state index contributed by atoms with van der Waals surface area (Å²) in [6.07, 6.45) is 0.806. The fourth-order valence-corrected chi connectivity index (χ4v) is 5.50. The molecular weight excluding hydrogens is 438 g/mol. The quantitative estimate of drug-likeness (QED) is 0.749. The first-order valence-electron chi connectivity index (χ1n) is 8.28. The van der Waals surface area contributed by atoms with Crippen LogP contribution in [0.5, 0.6) is 0 Å². The van der Waals surface area contributed by atoms with Gasteiger partial charge in [-0.2, -0.15) is 4.31 Å². The fraction of sp³-hybridized carbons (Fsp3) is 0.353. The van der Waals surface area contributed by atoms with E-state index >= 15 is 0 Å². The second-order valence-corrected chi connectivity index (χ2v) is 9.80. The Morgan fingerprint density at radius 3 is 2.58 bits per heavy atom. The molecule has 2 amide bonds. The fourth-order valence-electron chi connectivity index (χ4n) is 2.77. The van der Waals surface area contributed by atoms with E-state index in [4.69, 9.17) is 0 Å². The van der Waals surface area contributed by atoms with Crippen molar-refractivity contribution in [1.82, 2.24) is 14.5 Å². The van der Waals surface area contributed by atoms with Crippen LogP contribution in [0.2, 0.25) is 0 Å². The summed E-state index contributed by atoms with van der Waals surface area (Å²) in [4.78, 5) is 15.4. The lowest BCUT2D eigenvalue weighted by Crippen LogP contribution is -2.53. The number of carbonyl (C=O) groups is 1. The molecule has 3 rings (SSSR count). The smallest absolute Gasteiger partial charge is 0.317 e. The lowest BCUT2D eigenvalue weighted by atomic mass is 10.3. The molecule has 0 spiro atoms. The summed E-state index contributed by atoms with van der Waals surface area (Å²) >= 11 is 4.97. The summed E-state index contributed by atoms with van der Waals surface area (Å²) < 4.78 is 27.6. The average Bonchev–Trinajstić information content (AvgIpc) is 3.15. The first kappa shape index (κ1) is 19.3. The van der Waals surface area contributed by atoms with Crippen molar-refractivity contribution in [2.24, 2.45) is 0 Å². The zero-order valence-electron chi connectivity index (χ0n) is 14.1. The van der Waals surface area contributed by atoms with Crippen LogP contribution in [0.1, 0.15) is 4.88 Å². The first-order chi connectivity index (χ1) is 12.5. The molecule has 26 heavy (non-hydrogen) atoms. The number of benzene rings is 1. The Balaban J connectivity index is 1.51. The Kier molecular flexibility index (Phi) is 6.33. The molecule has 2 heterocycles. The molecule has 0 unspecified atom stereocenters. The third kappa shape index (κ3) is 4.64. The molecule has 0 radical (unpaired) electrons. The minimum Gasteiger partial charge on any atom is -0.338 e. The van der Waals surface area contributed by atoms with E-state index in [1.165, 1.54) is 9.18 Å². The first-order valence-corrected chi connectivity index (χ1v) is 11.4. The van der Waals surface area contributed by atoms with Gasteiger partial charge < -0.3 is 10.2 Å². The third-order valence-electron chi connectivity index (χ3n) is 4.19. The maximum atomic E-state index is 12.7. The highest BCUT2D eigenvalue weighted by Crippen LogP contribution is 2.21. The van der Waals surface area contributed by atoms with Gasteiger partial charge in [-0.3, -0.25) is 0 Å². The van der Waals surface area contributed by atoms with E-state index in [-0.39, 0.29) is 10.9 Å². The molecule has 0 bridgehead atoms. The number of nitrogens with zero attached hydrogens (tertiary/aromatic N) is 2. The Morgan fingerprint density at radius 1 is 1.15 bits per heavy atom. The Morgan fingerprint density at radius 2 is 1.92 bits per heavy atom. The van der Waals surface area contributed by atoms with E-state index in [2.05, 4.69) is 21.2 Å². The van der Waals surface area contributed by atoms with Crippen molar-refractivity contribution < 1.29 is 13.2 Å². The third-order valence-corrected chi connectivity index (χ3v) is 7.51. The minimum atomic E-state index is -3.53. The average molecular weight is 458 g/mol. The molecule has 1 aromatic heterocycles. The van der Waals surface area contributed by atoms with Gasteiger partial charge in [-0.05, 0) is 36.1 Å². The number of halogens is 1. The monoisotopic (exact) mass is 457 g/mol. The highest BCUT2D eigenvalue weighted by Gasteiger charge is 2.30. The van der Waals surface area contributed by atoms with Gasteiger partial charge in [0.05, 0.1) is 4.90 Å². The molecular formula is C17H20BrN3O3S2. The highest BCUT2D eigenvalue weighted by atomic mass is 79.9. The van der Waals surface area contributed by atoms with Gasteiger partial charge in [-0.1, -0.05) is 28.1 Å². The van der Waals surface area contributed by atoms with Crippen molar-refractivity contribution in [3.8, 4) is 0 Å². The standard InChI is InChI=1S/C17H20BrN3O3S2/c18-14-3-1-5-16(13-14)26(23,24)21-10-8-20(9-11-21)17(22)19-7-6-15-4-2-12-25-15/h1-5,12-13H,6-11H2,(H,19,22). The van der Waals surface area contributed by atoms with Gasteiger partial charge in [-0.25, -0.2) is 13.2 Å². The molecule has 1 aliphatic rings. The summed E-state index contributed by atoms with van der Waals surface area (Å²) in [6.45, 7) is 1.95. The van der Waals surface area contributed by atoms with Crippen LogP contribution in [0.3, 0.4) is 0 Å². The zero-order chi connectivity index (χ0) is 18.6. The SMILES string of the molecule is O=C(NCCc1cccs1)N1CCN(S(=O)(=O)c2cccc(Br)c2)CC1. The summed E-state index contributed by atoms with van der Waals surface area (Å²) in [5.74, 6) is 0. The number of amides is 2. The number of sulfonamides is 1. The van der Waals surface area contributed by atoms with Crippen molar-refractivity contribution in [3.63, 3.8) is 0 Å². The molecule has 1 saturated heterocycles. The lowest BCUT2D eigenvalue weighted by molar-refractivity contribution is 0.172. The van der Waals surface area contributed by atoms with Crippen molar-refractivity contribution in [2.75, 3.05) is 32.7 Å². The van der Waals surface area contributed by atoms with Gasteiger partial charge in [-0.15, -0.1) is 11.3 Å². The molecule has 9 heteroatoms. The van der Waals surface area contributed by atoms with Crippen molar-refractivity contribution >= 4 is 43.3 Å². The lowest BCUT2D eigenvalue weighted by Gasteiger charge is -2.34. The normalized spacial score (nSPS) is 15.8. The van der Waals surface area contributed by atoms with E-state index in [1.807, 2.05) is 17.5 Å². The van der Waals surface area contributed by atoms with Crippen LogP contribution < -0.4 is 5.32 Å². The maximum absolute atomic E-state index is 12.7. The molecule has 1 N–H and O–H groups in total. The van der Waals surface area contributed by atoms with Crippen molar-refractivity contribution in [2.45, 2.75) is 11.3 Å². The molecule has 1 aromatic carbocycles. The maximum Gasteiger partial charge on any atom is 0.317 e. The van der Waals surface area contributed by atoms with Gasteiger partial charge in [0.1, 0.15) is 0 Å². The van der Waals surface area contributed by atoms with Crippen LogP contribution in [-0.2, 0) is 16.4 Å². The minimum absolute atomic E-state index is 0.138. The Hall–Kier alpha value is -1.42. The number of urea groups is 1. The predicted molar refractivity (Wildman–Crippen MR) is 106 cm³/mol. The van der Waals surface area contributed by atoms with Crippen LogP contribution in [0.15, 0.2) is 51.1 Å². The number of thiophene rings is 1.